The Morgan fingerprint density at radius 1 is 1.11 bits per heavy atom. The second-order valence-corrected chi connectivity index (χ2v) is 13.1. The number of nitrogens with one attached hydrogen (secondary N) is 2. The van der Waals surface area contributed by atoms with Gasteiger partial charge < -0.3 is 21.5 Å². The van der Waals surface area contributed by atoms with Crippen molar-refractivity contribution in [2.75, 3.05) is 11.9 Å². The van der Waals surface area contributed by atoms with Crippen molar-refractivity contribution < 1.29 is 36.6 Å². The maximum absolute atomic E-state index is 13.9. The van der Waals surface area contributed by atoms with Gasteiger partial charge in [0, 0.05) is 23.9 Å². The molecule has 2 fully saturated rings. The first-order chi connectivity index (χ1) is 22.0. The number of hydrogen-bond donors (Lipinski definition) is 4. The van der Waals surface area contributed by atoms with Gasteiger partial charge in [-0.25, -0.2) is 18.7 Å². The Labute approximate surface area is 279 Å². The Hall–Kier alpha value is -2.87. The molecule has 2 aromatic heterocycles. The number of nitrogens with two attached hydrogens (primary N) is 1. The number of carbonyl (C=O) groups excluding carboxylic acids is 2. The second kappa shape index (κ2) is 19.2. The molecule has 14 heteroatoms. The zero-order chi connectivity index (χ0) is 36.1. The molecule has 0 radical (unpaired) electrons. The normalized spacial score (nSPS) is 18.1. The first-order valence-corrected chi connectivity index (χ1v) is 17.2. The molecular weight excluding hydrogens is 641 g/mol. The molecule has 5 N–H and O–H groups in total. The lowest BCUT2D eigenvalue weighted by atomic mass is 10.0. The average molecular weight is 694 g/mol. The lowest BCUT2D eigenvalue weighted by Gasteiger charge is -2.22. The molecule has 3 atom stereocenters. The van der Waals surface area contributed by atoms with Crippen molar-refractivity contribution in [1.82, 2.24) is 15.3 Å². The lowest BCUT2D eigenvalue weighted by molar-refractivity contribution is -0.146. The number of nitrogens with zero attached hydrogens (tertiary/aromatic N) is 2. The summed E-state index contributed by atoms with van der Waals surface area (Å²) in [4.78, 5) is 31.7. The molecule has 4 rings (SSSR count). The Bertz CT molecular complexity index is 1260. The van der Waals surface area contributed by atoms with Gasteiger partial charge in [-0.05, 0) is 56.9 Å². The molecule has 268 valence electrons. The molecule has 0 bridgehead atoms. The van der Waals surface area contributed by atoms with Crippen LogP contribution in [0.4, 0.5) is 27.8 Å². The van der Waals surface area contributed by atoms with Gasteiger partial charge >= 0.3 is 6.18 Å². The van der Waals surface area contributed by atoms with Crippen LogP contribution in [0.1, 0.15) is 133 Å². The summed E-state index contributed by atoms with van der Waals surface area (Å²) in [6, 6.07) is -1.15. The van der Waals surface area contributed by atoms with Crippen molar-refractivity contribution in [2.24, 2.45) is 23.5 Å². The third-order valence-corrected chi connectivity index (χ3v) is 8.49. The number of pyridine rings is 1. The van der Waals surface area contributed by atoms with Crippen LogP contribution in [-0.2, 0) is 0 Å². The van der Waals surface area contributed by atoms with E-state index in [1.807, 2.05) is 27.7 Å². The zero-order valence-electron chi connectivity index (χ0n) is 28.7. The number of thiazole rings is 1. The molecule has 47 heavy (non-hydrogen) atoms. The van der Waals surface area contributed by atoms with E-state index in [9.17, 15) is 36.6 Å². The van der Waals surface area contributed by atoms with E-state index in [-0.39, 0.29) is 22.0 Å². The third kappa shape index (κ3) is 13.6. The summed E-state index contributed by atoms with van der Waals surface area (Å²) in [5.41, 5.74) is 2.61. The van der Waals surface area contributed by atoms with Crippen molar-refractivity contribution in [3.05, 3.63) is 28.5 Å². The minimum absolute atomic E-state index is 0.155. The van der Waals surface area contributed by atoms with Gasteiger partial charge in [0.2, 0.25) is 0 Å². The highest BCUT2D eigenvalue weighted by molar-refractivity contribution is 7.17. The Kier molecular flexibility index (Phi) is 17.2. The predicted molar refractivity (Wildman–Crippen MR) is 178 cm³/mol. The number of alkyl halides is 5. The van der Waals surface area contributed by atoms with Crippen LogP contribution < -0.4 is 16.4 Å². The largest absolute Gasteiger partial charge is 0.408 e. The van der Waals surface area contributed by atoms with Crippen LogP contribution in [0.2, 0.25) is 0 Å². The molecule has 0 aliphatic heterocycles. The number of hydrogen-bond acceptors (Lipinski definition) is 7. The summed E-state index contributed by atoms with van der Waals surface area (Å²) >= 11 is 0.591. The van der Waals surface area contributed by atoms with Gasteiger partial charge in [0.15, 0.2) is 5.01 Å². The van der Waals surface area contributed by atoms with Crippen LogP contribution in [0.25, 0.3) is 10.4 Å². The van der Waals surface area contributed by atoms with E-state index in [0.717, 1.165) is 24.1 Å². The minimum Gasteiger partial charge on any atom is -0.389 e. The maximum atomic E-state index is 13.9. The summed E-state index contributed by atoms with van der Waals surface area (Å²) in [7, 11) is 0. The molecule has 0 saturated heterocycles. The molecule has 2 aliphatic carbocycles. The number of aliphatic hydroxyl groups is 1. The van der Waals surface area contributed by atoms with E-state index < -0.39 is 59.1 Å². The summed E-state index contributed by atoms with van der Waals surface area (Å²) in [6.07, 6.45) is 1.25. The molecule has 2 saturated carbocycles. The molecule has 2 heterocycles. The zero-order valence-corrected chi connectivity index (χ0v) is 29.5. The van der Waals surface area contributed by atoms with Crippen molar-refractivity contribution in [1.29, 1.82) is 0 Å². The third-order valence-electron chi connectivity index (χ3n) is 7.40. The van der Waals surface area contributed by atoms with Crippen LogP contribution >= 0.6 is 11.3 Å². The van der Waals surface area contributed by atoms with E-state index in [4.69, 9.17) is 5.73 Å². The molecule has 0 spiro atoms. The minimum atomic E-state index is -4.59. The van der Waals surface area contributed by atoms with Crippen LogP contribution in [-0.4, -0.2) is 51.3 Å². The SMILES string of the molecule is CC.CC.CC(C)(O)CNC(=O)c1nc(C(N)=O)c(-c2cnc(NC(C3CC3)C(F)(F)F)cc2C(F)F)s1.CCCC1CCC(C)C1. The first kappa shape index (κ1) is 42.2. The van der Waals surface area contributed by atoms with Gasteiger partial charge in [0.1, 0.15) is 17.6 Å². The van der Waals surface area contributed by atoms with Gasteiger partial charge in [-0.2, -0.15) is 13.2 Å². The maximum Gasteiger partial charge on any atom is 0.408 e. The summed E-state index contributed by atoms with van der Waals surface area (Å²) < 4.78 is 67.7. The van der Waals surface area contributed by atoms with Crippen LogP contribution in [0.5, 0.6) is 0 Å². The van der Waals surface area contributed by atoms with Gasteiger partial charge in [0.05, 0.1) is 10.5 Å². The average Bonchev–Trinajstić information content (AvgIpc) is 3.60. The fourth-order valence-electron chi connectivity index (χ4n) is 5.11. The topological polar surface area (TPSA) is 130 Å². The number of anilines is 1. The first-order valence-electron chi connectivity index (χ1n) is 16.4. The highest BCUT2D eigenvalue weighted by Crippen LogP contribution is 2.43. The van der Waals surface area contributed by atoms with Crippen molar-refractivity contribution in [3.8, 4) is 10.4 Å². The quantitative estimate of drug-likeness (QED) is 0.174. The van der Waals surface area contributed by atoms with Crippen molar-refractivity contribution >= 4 is 29.0 Å². The molecular formula is C33H52F5N5O3S. The Balaban J connectivity index is 0.000000717. The van der Waals surface area contributed by atoms with E-state index in [1.165, 1.54) is 46.0 Å². The smallest absolute Gasteiger partial charge is 0.389 e. The molecule has 2 aliphatic rings. The van der Waals surface area contributed by atoms with Crippen LogP contribution in [0, 0.1) is 17.8 Å². The highest BCUT2D eigenvalue weighted by Gasteiger charge is 2.49. The summed E-state index contributed by atoms with van der Waals surface area (Å²) in [6.45, 7) is 15.4. The standard InChI is InChI=1S/C20H22F5N5O3S.C9H18.2C2H6/c1-19(2,33)7-28-17(32)18-30-12(16(26)31)13(34-18)10-6-27-11(5-9(10)15(21)22)29-14(8-3-4-8)20(23,24)25;1-3-4-9-6-5-8(2)7-9;2*1-2/h5-6,8,14-15,33H,3-4,7H2,1-2H3,(H2,26,31)(H,27,29)(H,28,32);8-9H,3-7H2,1-2H3;2*1-2H3. The predicted octanol–water partition coefficient (Wildman–Crippen LogP) is 8.77. The fourth-order valence-corrected chi connectivity index (χ4v) is 6.13. The monoisotopic (exact) mass is 693 g/mol. The number of carbonyl (C=O) groups is 2. The van der Waals surface area contributed by atoms with E-state index >= 15 is 0 Å². The van der Waals surface area contributed by atoms with E-state index in [1.54, 1.807) is 0 Å². The number of amides is 2. The molecule has 3 unspecified atom stereocenters. The summed E-state index contributed by atoms with van der Waals surface area (Å²) in [5, 5.41) is 14.0. The summed E-state index contributed by atoms with van der Waals surface area (Å²) in [5.74, 6) is -0.818. The molecule has 8 nitrogen and oxygen atoms in total. The number of halogens is 5. The van der Waals surface area contributed by atoms with Crippen LogP contribution in [0.3, 0.4) is 0 Å². The Morgan fingerprint density at radius 3 is 2.17 bits per heavy atom. The van der Waals surface area contributed by atoms with Crippen molar-refractivity contribution in [3.63, 3.8) is 0 Å². The van der Waals surface area contributed by atoms with Gasteiger partial charge in [0.25, 0.3) is 18.2 Å². The van der Waals surface area contributed by atoms with E-state index in [2.05, 4.69) is 34.4 Å². The number of rotatable bonds is 11. The van der Waals surface area contributed by atoms with Crippen LogP contribution in [0.15, 0.2) is 12.3 Å². The second-order valence-electron chi connectivity index (χ2n) is 12.1. The van der Waals surface area contributed by atoms with Gasteiger partial charge in [-0.3, -0.25) is 9.59 Å². The number of aromatic nitrogens is 2. The Morgan fingerprint density at radius 2 is 1.72 bits per heavy atom. The molecule has 2 amide bonds. The molecule has 0 aromatic carbocycles. The lowest BCUT2D eigenvalue weighted by Crippen LogP contribution is -2.38. The van der Waals surface area contributed by atoms with Gasteiger partial charge in [-0.1, -0.05) is 67.2 Å². The van der Waals surface area contributed by atoms with Crippen molar-refractivity contribution in [2.45, 2.75) is 125 Å². The number of primary amides is 1. The van der Waals surface area contributed by atoms with E-state index in [0.29, 0.717) is 24.2 Å². The van der Waals surface area contributed by atoms with Gasteiger partial charge in [-0.15, -0.1) is 11.3 Å². The molecule has 2 aromatic rings. The fraction of sp³-hybridized carbons (Fsp3) is 0.697. The highest BCUT2D eigenvalue weighted by atomic mass is 32.1.